The third-order valence-electron chi connectivity index (χ3n) is 7.21. The number of benzene rings is 2. The SMILES string of the molecule is O=C(Nc1cc(Cl)ccc1Cl)c1cccc(N2C(=O)[C@H]3[C@@H]4C=C[C@H]([C@H]5C[C@H]45)[C@@H]3C2=O)c1. The number of carbonyl (C=O) groups is 3. The third kappa shape index (κ3) is 2.80. The molecule has 3 fully saturated rings. The average Bonchev–Trinajstić information content (AvgIpc) is 3.54. The molecule has 2 saturated carbocycles. The molecule has 6 atom stereocenters. The van der Waals surface area contributed by atoms with Crippen LogP contribution in [0.4, 0.5) is 11.4 Å². The summed E-state index contributed by atoms with van der Waals surface area (Å²) < 4.78 is 0. The number of hydrogen-bond acceptors (Lipinski definition) is 3. The van der Waals surface area contributed by atoms with Crippen LogP contribution in [0.3, 0.4) is 0 Å². The molecule has 0 aromatic heterocycles. The lowest BCUT2D eigenvalue weighted by Crippen LogP contribution is -2.40. The molecule has 4 aliphatic carbocycles. The van der Waals surface area contributed by atoms with E-state index in [4.69, 9.17) is 23.2 Å². The highest BCUT2D eigenvalue weighted by molar-refractivity contribution is 6.36. The van der Waals surface area contributed by atoms with Crippen molar-refractivity contribution in [1.82, 2.24) is 0 Å². The van der Waals surface area contributed by atoms with Gasteiger partial charge in [-0.2, -0.15) is 0 Å². The summed E-state index contributed by atoms with van der Waals surface area (Å²) in [7, 11) is 0. The summed E-state index contributed by atoms with van der Waals surface area (Å²) >= 11 is 12.1. The van der Waals surface area contributed by atoms with E-state index in [2.05, 4.69) is 17.5 Å². The maximum Gasteiger partial charge on any atom is 0.255 e. The van der Waals surface area contributed by atoms with E-state index in [1.807, 2.05) is 0 Å². The summed E-state index contributed by atoms with van der Waals surface area (Å²) in [5, 5.41) is 3.55. The number of amides is 3. The van der Waals surface area contributed by atoms with E-state index in [0.29, 0.717) is 38.8 Å². The Bertz CT molecular complexity index is 1160. The lowest BCUT2D eigenvalue weighted by atomic mass is 9.63. The van der Waals surface area contributed by atoms with Crippen molar-refractivity contribution in [2.75, 3.05) is 10.2 Å². The molecule has 3 amide bonds. The van der Waals surface area contributed by atoms with Gasteiger partial charge in [-0.15, -0.1) is 0 Å². The van der Waals surface area contributed by atoms with Gasteiger partial charge in [-0.3, -0.25) is 14.4 Å². The highest BCUT2D eigenvalue weighted by Gasteiger charge is 2.67. The molecule has 2 bridgehead atoms. The Kier molecular flexibility index (Phi) is 4.11. The molecule has 1 aliphatic heterocycles. The predicted octanol–water partition coefficient (Wildman–Crippen LogP) is 4.80. The first-order valence-electron chi connectivity index (χ1n) is 10.4. The Morgan fingerprint density at radius 2 is 1.61 bits per heavy atom. The molecule has 1 saturated heterocycles. The molecule has 0 spiro atoms. The first-order valence-corrected chi connectivity index (χ1v) is 11.1. The molecule has 2 aromatic rings. The van der Waals surface area contributed by atoms with Gasteiger partial charge in [-0.05, 0) is 66.5 Å². The molecule has 7 rings (SSSR count). The molecule has 31 heavy (non-hydrogen) atoms. The fourth-order valence-corrected chi connectivity index (χ4v) is 6.12. The summed E-state index contributed by atoms with van der Waals surface area (Å²) in [6, 6.07) is 11.4. The Morgan fingerprint density at radius 1 is 0.935 bits per heavy atom. The van der Waals surface area contributed by atoms with E-state index in [-0.39, 0.29) is 35.5 Å². The Balaban J connectivity index is 1.29. The predicted molar refractivity (Wildman–Crippen MR) is 118 cm³/mol. The monoisotopic (exact) mass is 452 g/mol. The maximum absolute atomic E-state index is 13.3. The van der Waals surface area contributed by atoms with Crippen LogP contribution in [0.25, 0.3) is 0 Å². The summed E-state index contributed by atoms with van der Waals surface area (Å²) in [6.07, 6.45) is 5.41. The van der Waals surface area contributed by atoms with Crippen LogP contribution in [-0.2, 0) is 9.59 Å². The van der Waals surface area contributed by atoms with E-state index in [9.17, 15) is 14.4 Å². The van der Waals surface area contributed by atoms with Crippen molar-refractivity contribution in [3.05, 3.63) is 70.2 Å². The number of nitrogens with zero attached hydrogens (tertiary/aromatic N) is 1. The minimum Gasteiger partial charge on any atom is -0.321 e. The second kappa shape index (κ2) is 6.68. The molecule has 0 unspecified atom stereocenters. The van der Waals surface area contributed by atoms with Crippen LogP contribution in [0.1, 0.15) is 16.8 Å². The Hall–Kier alpha value is -2.63. The molecule has 5 nitrogen and oxygen atoms in total. The van der Waals surface area contributed by atoms with Crippen molar-refractivity contribution in [3.63, 3.8) is 0 Å². The minimum atomic E-state index is -0.398. The van der Waals surface area contributed by atoms with Crippen LogP contribution in [0, 0.1) is 35.5 Å². The normalized spacial score (nSPS) is 32.1. The number of halogens is 2. The molecular weight excluding hydrogens is 435 g/mol. The molecular formula is C24H18Cl2N2O3. The summed E-state index contributed by atoms with van der Waals surface area (Å²) in [6.45, 7) is 0. The van der Waals surface area contributed by atoms with Crippen molar-refractivity contribution in [2.45, 2.75) is 6.42 Å². The summed E-state index contributed by atoms with van der Waals surface area (Å²) in [5.41, 5.74) is 1.15. The van der Waals surface area contributed by atoms with Crippen LogP contribution < -0.4 is 10.2 Å². The minimum absolute atomic E-state index is 0.143. The molecule has 1 heterocycles. The van der Waals surface area contributed by atoms with E-state index in [1.54, 1.807) is 42.5 Å². The molecule has 5 aliphatic rings. The van der Waals surface area contributed by atoms with Crippen LogP contribution >= 0.6 is 23.2 Å². The van der Waals surface area contributed by atoms with Gasteiger partial charge in [0.2, 0.25) is 11.8 Å². The summed E-state index contributed by atoms with van der Waals surface area (Å²) in [4.78, 5) is 40.7. The van der Waals surface area contributed by atoms with Gasteiger partial charge in [-0.1, -0.05) is 41.4 Å². The molecule has 1 N–H and O–H groups in total. The van der Waals surface area contributed by atoms with Gasteiger partial charge in [0.05, 0.1) is 28.2 Å². The van der Waals surface area contributed by atoms with E-state index < -0.39 is 5.91 Å². The van der Waals surface area contributed by atoms with Gasteiger partial charge < -0.3 is 5.32 Å². The Labute approximate surface area is 189 Å². The first-order chi connectivity index (χ1) is 14.9. The van der Waals surface area contributed by atoms with Crippen molar-refractivity contribution >= 4 is 52.3 Å². The maximum atomic E-state index is 13.3. The zero-order valence-corrected chi connectivity index (χ0v) is 17.8. The lowest BCUT2D eigenvalue weighted by Gasteiger charge is -2.37. The van der Waals surface area contributed by atoms with Crippen molar-refractivity contribution in [1.29, 1.82) is 0 Å². The fraction of sp³-hybridized carbons (Fsp3) is 0.292. The summed E-state index contributed by atoms with van der Waals surface area (Å²) in [5.74, 6) is 0.203. The number of allylic oxidation sites excluding steroid dienone is 2. The van der Waals surface area contributed by atoms with Gasteiger partial charge in [0.1, 0.15) is 0 Å². The van der Waals surface area contributed by atoms with Gasteiger partial charge in [0.15, 0.2) is 0 Å². The van der Waals surface area contributed by atoms with Gasteiger partial charge >= 0.3 is 0 Å². The Morgan fingerprint density at radius 3 is 2.29 bits per heavy atom. The molecule has 0 radical (unpaired) electrons. The fourth-order valence-electron chi connectivity index (χ4n) is 5.79. The number of carbonyl (C=O) groups excluding carboxylic acids is 3. The van der Waals surface area contributed by atoms with E-state index in [1.165, 1.54) is 4.90 Å². The second-order valence-corrected chi connectivity index (χ2v) is 9.64. The van der Waals surface area contributed by atoms with Crippen LogP contribution in [0.5, 0.6) is 0 Å². The third-order valence-corrected chi connectivity index (χ3v) is 7.77. The second-order valence-electron chi connectivity index (χ2n) is 8.80. The van der Waals surface area contributed by atoms with Crippen molar-refractivity contribution < 1.29 is 14.4 Å². The van der Waals surface area contributed by atoms with E-state index >= 15 is 0 Å². The zero-order valence-electron chi connectivity index (χ0n) is 16.3. The first kappa shape index (κ1) is 19.1. The number of rotatable bonds is 3. The highest BCUT2D eigenvalue weighted by atomic mass is 35.5. The number of anilines is 2. The van der Waals surface area contributed by atoms with Crippen LogP contribution in [0.2, 0.25) is 10.0 Å². The molecule has 2 aromatic carbocycles. The number of imide groups is 1. The average molecular weight is 453 g/mol. The molecule has 156 valence electrons. The molecule has 7 heteroatoms. The highest BCUT2D eigenvalue weighted by Crippen LogP contribution is 2.65. The lowest BCUT2D eigenvalue weighted by molar-refractivity contribution is -0.124. The standard InChI is InChI=1S/C24H18Cl2N2O3/c25-12-4-7-18(26)19(9-12)27-22(29)11-2-1-3-13(8-11)28-23(30)20-14-5-6-15(17-10-16(14)17)21(20)24(28)31/h1-9,14-17,20-21H,10H2,(H,27,29)/t14-,15-,16-,17-,20+,21+/m1/s1. The van der Waals surface area contributed by atoms with Crippen LogP contribution in [-0.4, -0.2) is 17.7 Å². The van der Waals surface area contributed by atoms with Crippen molar-refractivity contribution in [3.8, 4) is 0 Å². The largest absolute Gasteiger partial charge is 0.321 e. The number of hydrogen-bond donors (Lipinski definition) is 1. The van der Waals surface area contributed by atoms with Gasteiger partial charge in [0, 0.05) is 10.6 Å². The van der Waals surface area contributed by atoms with E-state index in [0.717, 1.165) is 6.42 Å². The topological polar surface area (TPSA) is 66.5 Å². The van der Waals surface area contributed by atoms with Gasteiger partial charge in [0.25, 0.3) is 5.91 Å². The smallest absolute Gasteiger partial charge is 0.255 e. The van der Waals surface area contributed by atoms with Crippen molar-refractivity contribution in [2.24, 2.45) is 35.5 Å². The van der Waals surface area contributed by atoms with Crippen LogP contribution in [0.15, 0.2) is 54.6 Å². The quantitative estimate of drug-likeness (QED) is 0.536. The number of nitrogens with one attached hydrogen (secondary N) is 1. The zero-order chi connectivity index (χ0) is 21.4. The van der Waals surface area contributed by atoms with Gasteiger partial charge in [-0.25, -0.2) is 4.90 Å².